The molecule has 0 N–H and O–H groups in total. The lowest BCUT2D eigenvalue weighted by Gasteiger charge is -2.35. The molecule has 4 heteroatoms. The average molecular weight is 325 g/mol. The summed E-state index contributed by atoms with van der Waals surface area (Å²) in [5.74, 6) is 1.15. The first-order chi connectivity index (χ1) is 11.8. The largest absolute Gasteiger partial charge is 0.373 e. The van der Waals surface area contributed by atoms with E-state index in [0.29, 0.717) is 11.8 Å². The van der Waals surface area contributed by atoms with Gasteiger partial charge in [0.2, 0.25) is 0 Å². The van der Waals surface area contributed by atoms with Gasteiger partial charge in [0.05, 0.1) is 12.3 Å². The normalized spacial score (nSPS) is 26.6. The van der Waals surface area contributed by atoms with E-state index >= 15 is 0 Å². The second kappa shape index (κ2) is 6.60. The van der Waals surface area contributed by atoms with Crippen LogP contribution in [0.25, 0.3) is 0 Å². The molecule has 3 heterocycles. The van der Waals surface area contributed by atoms with Crippen LogP contribution >= 0.6 is 0 Å². The molecule has 0 aliphatic carbocycles. The summed E-state index contributed by atoms with van der Waals surface area (Å²) in [6, 6.07) is 8.86. The summed E-state index contributed by atoms with van der Waals surface area (Å²) in [5, 5.41) is 4.45. The van der Waals surface area contributed by atoms with Crippen molar-refractivity contribution in [2.24, 2.45) is 5.92 Å². The van der Waals surface area contributed by atoms with E-state index in [0.717, 1.165) is 32.7 Å². The quantitative estimate of drug-likeness (QED) is 0.851. The van der Waals surface area contributed by atoms with E-state index in [9.17, 15) is 0 Å². The third kappa shape index (κ3) is 2.84. The van der Waals surface area contributed by atoms with Crippen LogP contribution < -0.4 is 4.90 Å². The van der Waals surface area contributed by atoms with Gasteiger partial charge in [0.1, 0.15) is 0 Å². The Morgan fingerprint density at radius 3 is 3.00 bits per heavy atom. The molecule has 1 saturated heterocycles. The van der Waals surface area contributed by atoms with Gasteiger partial charge in [-0.05, 0) is 31.4 Å². The van der Waals surface area contributed by atoms with E-state index in [2.05, 4.69) is 54.3 Å². The summed E-state index contributed by atoms with van der Waals surface area (Å²) < 4.78 is 8.18. The van der Waals surface area contributed by atoms with Crippen molar-refractivity contribution in [2.45, 2.75) is 45.3 Å². The third-order valence-corrected chi connectivity index (χ3v) is 5.51. The van der Waals surface area contributed by atoms with Gasteiger partial charge >= 0.3 is 0 Å². The second-order valence-electron chi connectivity index (χ2n) is 7.19. The smallest absolute Gasteiger partial charge is 0.0900 e. The Kier molecular flexibility index (Phi) is 4.31. The number of benzene rings is 1. The summed E-state index contributed by atoms with van der Waals surface area (Å²) in [6.45, 7) is 8.43. The van der Waals surface area contributed by atoms with Crippen molar-refractivity contribution in [1.29, 1.82) is 0 Å². The highest BCUT2D eigenvalue weighted by Gasteiger charge is 2.33. The molecule has 0 bridgehead atoms. The Balaban J connectivity index is 1.54. The molecule has 3 atom stereocenters. The van der Waals surface area contributed by atoms with Gasteiger partial charge in [-0.15, -0.1) is 0 Å². The Hall–Kier alpha value is -1.81. The minimum atomic E-state index is 0.183. The summed E-state index contributed by atoms with van der Waals surface area (Å²) in [6.07, 6.45) is 6.72. The third-order valence-electron chi connectivity index (χ3n) is 5.51. The molecule has 1 aromatic carbocycles. The molecule has 24 heavy (non-hydrogen) atoms. The fourth-order valence-corrected chi connectivity index (χ4v) is 4.27. The number of hydrogen-bond acceptors (Lipinski definition) is 3. The van der Waals surface area contributed by atoms with Gasteiger partial charge in [0.25, 0.3) is 0 Å². The van der Waals surface area contributed by atoms with Gasteiger partial charge in [-0.2, -0.15) is 5.10 Å². The van der Waals surface area contributed by atoms with Crippen LogP contribution in [0, 0.1) is 5.92 Å². The van der Waals surface area contributed by atoms with E-state index in [1.807, 2.05) is 10.9 Å². The van der Waals surface area contributed by atoms with Crippen LogP contribution in [0.2, 0.25) is 0 Å². The Bertz CT molecular complexity index is 696. The maximum atomic E-state index is 6.18. The van der Waals surface area contributed by atoms with Gasteiger partial charge in [-0.1, -0.05) is 25.1 Å². The first-order valence-electron chi connectivity index (χ1n) is 9.24. The van der Waals surface area contributed by atoms with Crippen molar-refractivity contribution in [2.75, 3.05) is 24.6 Å². The van der Waals surface area contributed by atoms with Crippen LogP contribution in [0.1, 0.15) is 49.8 Å². The number of para-hydroxylation sites is 1. The van der Waals surface area contributed by atoms with Gasteiger partial charge in [0.15, 0.2) is 0 Å². The first kappa shape index (κ1) is 15.7. The van der Waals surface area contributed by atoms with Crippen molar-refractivity contribution in [3.05, 3.63) is 47.8 Å². The molecule has 1 fully saturated rings. The minimum absolute atomic E-state index is 0.183. The van der Waals surface area contributed by atoms with E-state index in [1.54, 1.807) is 0 Å². The molecule has 4 rings (SSSR count). The fraction of sp³-hybridized carbons (Fsp3) is 0.550. The first-order valence-corrected chi connectivity index (χ1v) is 9.24. The predicted octanol–water partition coefficient (Wildman–Crippen LogP) is 3.99. The van der Waals surface area contributed by atoms with Crippen LogP contribution in [0.4, 0.5) is 5.69 Å². The molecular formula is C20H27N3O. The zero-order valence-electron chi connectivity index (χ0n) is 14.7. The number of fused-ring (bicyclic) bond motifs is 1. The van der Waals surface area contributed by atoms with E-state index in [1.165, 1.54) is 23.2 Å². The molecule has 128 valence electrons. The average Bonchev–Trinajstić information content (AvgIpc) is 3.21. The SMILES string of the molecule is CCn1cc([C@@H]2OCCC[C@H]2CN2CC(C)c3ccccc32)cn1. The van der Waals surface area contributed by atoms with Crippen LogP contribution in [0.15, 0.2) is 36.7 Å². The highest BCUT2D eigenvalue weighted by molar-refractivity contribution is 5.59. The maximum absolute atomic E-state index is 6.18. The topological polar surface area (TPSA) is 30.3 Å². The zero-order valence-corrected chi connectivity index (χ0v) is 14.7. The number of aryl methyl sites for hydroxylation is 1. The van der Waals surface area contributed by atoms with Crippen molar-refractivity contribution < 1.29 is 4.74 Å². The predicted molar refractivity (Wildman–Crippen MR) is 96.4 cm³/mol. The van der Waals surface area contributed by atoms with Crippen LogP contribution in [-0.2, 0) is 11.3 Å². The molecule has 0 spiro atoms. The van der Waals surface area contributed by atoms with Crippen molar-refractivity contribution in [3.63, 3.8) is 0 Å². The Morgan fingerprint density at radius 1 is 1.29 bits per heavy atom. The molecular weight excluding hydrogens is 298 g/mol. The van der Waals surface area contributed by atoms with Gasteiger partial charge in [0, 0.05) is 55.5 Å². The Morgan fingerprint density at radius 2 is 2.17 bits per heavy atom. The lowest BCUT2D eigenvalue weighted by molar-refractivity contribution is -0.0257. The maximum Gasteiger partial charge on any atom is 0.0900 e. The standard InChI is InChI=1S/C20H27N3O/c1-3-23-14-17(11-21-23)20-16(7-6-10-24-20)13-22-12-15(2)18-8-4-5-9-19(18)22/h4-5,8-9,11,14-16,20H,3,6-7,10,12-13H2,1-2H3/t15?,16-,20+/m0/s1. The lowest BCUT2D eigenvalue weighted by atomic mass is 9.90. The second-order valence-corrected chi connectivity index (χ2v) is 7.19. The van der Waals surface area contributed by atoms with Crippen molar-refractivity contribution in [1.82, 2.24) is 9.78 Å². The van der Waals surface area contributed by atoms with E-state index in [4.69, 9.17) is 4.74 Å². The number of aromatic nitrogens is 2. The van der Waals surface area contributed by atoms with Crippen LogP contribution in [0.3, 0.4) is 0 Å². The Labute approximate surface area is 144 Å². The molecule has 2 aliphatic rings. The summed E-state index contributed by atoms with van der Waals surface area (Å²) in [7, 11) is 0. The molecule has 2 aromatic rings. The highest BCUT2D eigenvalue weighted by atomic mass is 16.5. The van der Waals surface area contributed by atoms with Crippen molar-refractivity contribution >= 4 is 5.69 Å². The van der Waals surface area contributed by atoms with Gasteiger partial charge in [-0.3, -0.25) is 4.68 Å². The molecule has 4 nitrogen and oxygen atoms in total. The number of anilines is 1. The lowest BCUT2D eigenvalue weighted by Crippen LogP contribution is -2.34. The minimum Gasteiger partial charge on any atom is -0.373 e. The molecule has 0 saturated carbocycles. The van der Waals surface area contributed by atoms with Crippen LogP contribution in [0.5, 0.6) is 0 Å². The molecule has 0 radical (unpaired) electrons. The monoisotopic (exact) mass is 325 g/mol. The fourth-order valence-electron chi connectivity index (χ4n) is 4.27. The van der Waals surface area contributed by atoms with Crippen LogP contribution in [-0.4, -0.2) is 29.5 Å². The van der Waals surface area contributed by atoms with Gasteiger partial charge in [-0.25, -0.2) is 0 Å². The molecule has 1 aromatic heterocycles. The number of nitrogens with zero attached hydrogens (tertiary/aromatic N) is 3. The molecule has 2 aliphatic heterocycles. The van der Waals surface area contributed by atoms with Crippen molar-refractivity contribution in [3.8, 4) is 0 Å². The number of ether oxygens (including phenoxy) is 1. The summed E-state index contributed by atoms with van der Waals surface area (Å²) in [5.41, 5.74) is 4.14. The zero-order chi connectivity index (χ0) is 16.5. The summed E-state index contributed by atoms with van der Waals surface area (Å²) in [4.78, 5) is 2.57. The van der Waals surface area contributed by atoms with E-state index < -0.39 is 0 Å². The summed E-state index contributed by atoms with van der Waals surface area (Å²) >= 11 is 0. The highest BCUT2D eigenvalue weighted by Crippen LogP contribution is 2.40. The number of rotatable bonds is 4. The van der Waals surface area contributed by atoms with E-state index in [-0.39, 0.29) is 6.10 Å². The number of hydrogen-bond donors (Lipinski definition) is 0. The molecule has 1 unspecified atom stereocenters. The van der Waals surface area contributed by atoms with Gasteiger partial charge < -0.3 is 9.64 Å². The molecule has 0 amide bonds.